The number of rotatable bonds is 6. The van der Waals surface area contributed by atoms with Gasteiger partial charge in [-0.3, -0.25) is 0 Å². The Morgan fingerprint density at radius 3 is 1.11 bits per heavy atom. The maximum Gasteiger partial charge on any atom is -0.00261 e. The molecule has 13 aromatic rings. The molecule has 0 saturated carbocycles. The Hall–Kier alpha value is -8.58. The molecule has 0 heterocycles. The maximum atomic E-state index is 2.52. The van der Waals surface area contributed by atoms with E-state index in [0.29, 0.717) is 0 Å². The summed E-state index contributed by atoms with van der Waals surface area (Å²) in [4.78, 5) is 0. The molecule has 0 unspecified atom stereocenters. The Labute approximate surface area is 384 Å². The van der Waals surface area contributed by atoms with Crippen molar-refractivity contribution in [3.05, 3.63) is 255 Å². The third kappa shape index (κ3) is 6.30. The van der Waals surface area contributed by atoms with Crippen LogP contribution in [0.1, 0.15) is 0 Å². The van der Waals surface area contributed by atoms with Gasteiger partial charge in [0, 0.05) is 0 Å². The third-order valence-electron chi connectivity index (χ3n) is 13.8. The second-order valence-electron chi connectivity index (χ2n) is 17.5. The van der Waals surface area contributed by atoms with Crippen molar-refractivity contribution in [1.82, 2.24) is 0 Å². The highest BCUT2D eigenvalue weighted by Crippen LogP contribution is 2.48. The van der Waals surface area contributed by atoms with Crippen LogP contribution in [0.3, 0.4) is 0 Å². The van der Waals surface area contributed by atoms with Crippen molar-refractivity contribution in [2.75, 3.05) is 0 Å². The summed E-state index contributed by atoms with van der Waals surface area (Å²) < 4.78 is 0. The van der Waals surface area contributed by atoms with Gasteiger partial charge in [-0.15, -0.1) is 0 Å². The fourth-order valence-corrected chi connectivity index (χ4v) is 10.7. The van der Waals surface area contributed by atoms with Crippen molar-refractivity contribution >= 4 is 64.6 Å². The van der Waals surface area contributed by atoms with Gasteiger partial charge in [-0.1, -0.05) is 231 Å². The zero-order valence-corrected chi connectivity index (χ0v) is 36.2. The highest BCUT2D eigenvalue weighted by atomic mass is 14.2. The second kappa shape index (κ2) is 15.6. The van der Waals surface area contributed by atoms with Gasteiger partial charge < -0.3 is 0 Å². The zero-order chi connectivity index (χ0) is 43.6. The topological polar surface area (TPSA) is 0 Å². The summed E-state index contributed by atoms with van der Waals surface area (Å²) in [7, 11) is 0. The zero-order valence-electron chi connectivity index (χ0n) is 36.2. The van der Waals surface area contributed by atoms with Crippen LogP contribution >= 0.6 is 0 Å². The molecule has 306 valence electrons. The van der Waals surface area contributed by atoms with Crippen molar-refractivity contribution in [1.29, 1.82) is 0 Å². The van der Waals surface area contributed by atoms with E-state index in [1.54, 1.807) is 0 Å². The summed E-state index contributed by atoms with van der Waals surface area (Å²) in [6.07, 6.45) is 0. The largest absolute Gasteiger partial charge is 0.0622 e. The molecule has 0 N–H and O–H groups in total. The standard InChI is InChI=1S/C66H42/c1-3-15-43(16-4-1)51-37-38-52-40-59(46-17-5-2-6-18-46)61-41-63-64(42-62(61)60(52)39-51)66(50-35-31-48(32-36-50)56-28-14-22-45-20-8-10-24-54(45)56)58-26-12-11-25-57(58)65(63)49-33-29-47(30-34-49)55-27-13-21-44-19-7-9-23-53(44)55/h1-42H. The van der Waals surface area contributed by atoms with Gasteiger partial charge in [0.05, 0.1) is 0 Å². The lowest BCUT2D eigenvalue weighted by atomic mass is 9.82. The predicted octanol–water partition coefficient (Wildman–Crippen LogP) is 18.6. The minimum absolute atomic E-state index is 1.20. The molecular weight excluding hydrogens is 793 g/mol. The van der Waals surface area contributed by atoms with Crippen LogP contribution in [0.5, 0.6) is 0 Å². The lowest BCUT2D eigenvalue weighted by Gasteiger charge is -2.21. The lowest BCUT2D eigenvalue weighted by Crippen LogP contribution is -1.93. The van der Waals surface area contributed by atoms with Crippen LogP contribution in [-0.2, 0) is 0 Å². The van der Waals surface area contributed by atoms with E-state index in [0.717, 1.165) is 0 Å². The maximum absolute atomic E-state index is 2.52. The van der Waals surface area contributed by atoms with E-state index in [-0.39, 0.29) is 0 Å². The molecule has 0 fully saturated rings. The quantitative estimate of drug-likeness (QED) is 0.116. The molecule has 0 amide bonds. The van der Waals surface area contributed by atoms with Crippen molar-refractivity contribution in [3.8, 4) is 66.8 Å². The normalized spacial score (nSPS) is 11.6. The van der Waals surface area contributed by atoms with Crippen LogP contribution in [0.25, 0.3) is 131 Å². The monoisotopic (exact) mass is 834 g/mol. The molecule has 0 radical (unpaired) electrons. The molecule has 0 bridgehead atoms. The van der Waals surface area contributed by atoms with Gasteiger partial charge in [0.2, 0.25) is 0 Å². The smallest absolute Gasteiger partial charge is 0.00261 e. The predicted molar refractivity (Wildman–Crippen MR) is 284 cm³/mol. The first kappa shape index (κ1) is 37.9. The van der Waals surface area contributed by atoms with E-state index in [2.05, 4.69) is 255 Å². The summed E-state index contributed by atoms with van der Waals surface area (Å²) in [5.74, 6) is 0. The minimum Gasteiger partial charge on any atom is -0.0622 e. The van der Waals surface area contributed by atoms with Crippen molar-refractivity contribution in [2.24, 2.45) is 0 Å². The molecule has 13 aromatic carbocycles. The number of fused-ring (bicyclic) bond motifs is 7. The van der Waals surface area contributed by atoms with E-state index in [9.17, 15) is 0 Å². The molecule has 0 atom stereocenters. The molecule has 0 nitrogen and oxygen atoms in total. The highest BCUT2D eigenvalue weighted by Gasteiger charge is 2.21. The Morgan fingerprint density at radius 2 is 0.561 bits per heavy atom. The van der Waals surface area contributed by atoms with E-state index >= 15 is 0 Å². The molecule has 0 aromatic heterocycles. The fourth-order valence-electron chi connectivity index (χ4n) is 10.7. The van der Waals surface area contributed by atoms with E-state index in [1.807, 2.05) is 0 Å². The average Bonchev–Trinajstić information content (AvgIpc) is 3.39. The molecule has 0 aliphatic carbocycles. The van der Waals surface area contributed by atoms with E-state index in [4.69, 9.17) is 0 Å². The minimum atomic E-state index is 1.20. The van der Waals surface area contributed by atoms with Crippen LogP contribution in [0.2, 0.25) is 0 Å². The summed E-state index contributed by atoms with van der Waals surface area (Å²) in [6, 6.07) is 94.3. The van der Waals surface area contributed by atoms with Gasteiger partial charge in [0.1, 0.15) is 0 Å². The number of benzene rings is 13. The van der Waals surface area contributed by atoms with Crippen LogP contribution in [0.4, 0.5) is 0 Å². The van der Waals surface area contributed by atoms with Crippen molar-refractivity contribution in [3.63, 3.8) is 0 Å². The molecule has 0 aliphatic rings. The van der Waals surface area contributed by atoms with Crippen LogP contribution < -0.4 is 0 Å². The molecule has 0 heteroatoms. The van der Waals surface area contributed by atoms with Crippen LogP contribution in [0.15, 0.2) is 255 Å². The van der Waals surface area contributed by atoms with Crippen molar-refractivity contribution < 1.29 is 0 Å². The second-order valence-corrected chi connectivity index (χ2v) is 17.5. The molecular formula is C66H42. The molecule has 66 heavy (non-hydrogen) atoms. The Balaban J connectivity index is 1.11. The van der Waals surface area contributed by atoms with Crippen molar-refractivity contribution in [2.45, 2.75) is 0 Å². The first-order valence-corrected chi connectivity index (χ1v) is 22.9. The van der Waals surface area contributed by atoms with Gasteiger partial charge >= 0.3 is 0 Å². The summed E-state index contributed by atoms with van der Waals surface area (Å²) in [5.41, 5.74) is 14.7. The Morgan fingerprint density at radius 1 is 0.152 bits per heavy atom. The van der Waals surface area contributed by atoms with Gasteiger partial charge in [-0.25, -0.2) is 0 Å². The highest BCUT2D eigenvalue weighted by molar-refractivity contribution is 6.27. The fraction of sp³-hybridized carbons (Fsp3) is 0. The molecule has 0 saturated heterocycles. The van der Waals surface area contributed by atoms with Gasteiger partial charge in [-0.2, -0.15) is 0 Å². The van der Waals surface area contributed by atoms with E-state index < -0.39 is 0 Å². The van der Waals surface area contributed by atoms with Gasteiger partial charge in [0.15, 0.2) is 0 Å². The number of hydrogen-bond donors (Lipinski definition) is 0. The van der Waals surface area contributed by atoms with E-state index in [1.165, 1.54) is 131 Å². The van der Waals surface area contributed by atoms with Crippen LogP contribution in [-0.4, -0.2) is 0 Å². The SMILES string of the molecule is c1ccc(-c2ccc3cc(-c4ccccc4)c4cc5c(-c6ccc(-c7cccc8ccccc78)cc6)c6ccccc6c(-c6ccc(-c7cccc8ccccc78)cc6)c5cc4c3c2)cc1. The summed E-state index contributed by atoms with van der Waals surface area (Å²) in [5, 5.41) is 15.0. The Kier molecular flexibility index (Phi) is 8.96. The average molecular weight is 835 g/mol. The number of hydrogen-bond acceptors (Lipinski definition) is 0. The van der Waals surface area contributed by atoms with Crippen LogP contribution in [0, 0.1) is 0 Å². The summed E-state index contributed by atoms with van der Waals surface area (Å²) >= 11 is 0. The van der Waals surface area contributed by atoms with Gasteiger partial charge in [0.25, 0.3) is 0 Å². The molecule has 0 spiro atoms. The lowest BCUT2D eigenvalue weighted by molar-refractivity contribution is 1.62. The first-order valence-electron chi connectivity index (χ1n) is 22.9. The van der Waals surface area contributed by atoms with Gasteiger partial charge in [-0.05, 0) is 156 Å². The first-order chi connectivity index (χ1) is 32.7. The molecule has 0 aliphatic heterocycles. The third-order valence-corrected chi connectivity index (χ3v) is 13.8. The Bertz CT molecular complexity index is 3980. The molecule has 13 rings (SSSR count). The summed E-state index contributed by atoms with van der Waals surface area (Å²) in [6.45, 7) is 0.